The van der Waals surface area contributed by atoms with Gasteiger partial charge in [0.2, 0.25) is 0 Å². The molecule has 0 bridgehead atoms. The molecule has 1 atom stereocenters. The predicted octanol–water partition coefficient (Wildman–Crippen LogP) is -0.136. The van der Waals surface area contributed by atoms with Crippen LogP contribution in [0.3, 0.4) is 0 Å². The van der Waals surface area contributed by atoms with Gasteiger partial charge in [0.1, 0.15) is 5.56 Å². The van der Waals surface area contributed by atoms with Gasteiger partial charge in [-0.15, -0.1) is 0 Å². The predicted molar refractivity (Wildman–Crippen MR) is 74.5 cm³/mol. The second-order valence-electron chi connectivity index (χ2n) is 4.94. The van der Waals surface area contributed by atoms with Crippen LogP contribution >= 0.6 is 0 Å². The van der Waals surface area contributed by atoms with Gasteiger partial charge < -0.3 is 19.8 Å². The maximum atomic E-state index is 11.5. The van der Waals surface area contributed by atoms with Gasteiger partial charge in [-0.1, -0.05) is 0 Å². The van der Waals surface area contributed by atoms with Gasteiger partial charge in [-0.25, -0.2) is 9.78 Å². The van der Waals surface area contributed by atoms with Crippen LogP contribution in [0.5, 0.6) is 0 Å². The number of carboxylic acid groups (broad SMARTS) is 1. The number of hydrogen-bond acceptors (Lipinski definition) is 6. The lowest BCUT2D eigenvalue weighted by Gasteiger charge is -2.37. The van der Waals surface area contributed by atoms with Crippen LogP contribution in [0, 0.1) is 0 Å². The van der Waals surface area contributed by atoms with E-state index in [2.05, 4.69) is 10.1 Å². The lowest BCUT2D eigenvalue weighted by Crippen LogP contribution is -2.48. The zero-order valence-corrected chi connectivity index (χ0v) is 11.6. The highest BCUT2D eigenvalue weighted by Crippen LogP contribution is 2.31. The number of rotatable bonds is 3. The molecule has 2 aromatic heterocycles. The van der Waals surface area contributed by atoms with E-state index in [0.29, 0.717) is 36.5 Å². The molecule has 0 aliphatic carbocycles. The normalized spacial score (nSPS) is 19.1. The molecular formula is C13H16N4O4. The van der Waals surface area contributed by atoms with Crippen LogP contribution in [0.15, 0.2) is 12.4 Å². The van der Waals surface area contributed by atoms with Crippen LogP contribution in [0.1, 0.15) is 10.4 Å². The minimum absolute atomic E-state index is 0.107. The van der Waals surface area contributed by atoms with E-state index in [9.17, 15) is 15.0 Å². The molecule has 0 spiro atoms. The second-order valence-corrected chi connectivity index (χ2v) is 4.94. The van der Waals surface area contributed by atoms with Crippen LogP contribution in [0.2, 0.25) is 0 Å². The van der Waals surface area contributed by atoms with Gasteiger partial charge >= 0.3 is 5.97 Å². The summed E-state index contributed by atoms with van der Waals surface area (Å²) in [5.41, 5.74) is 1.26. The molecule has 3 rings (SSSR count). The van der Waals surface area contributed by atoms with Gasteiger partial charge in [-0.05, 0) is 0 Å². The molecule has 0 radical (unpaired) electrons. The van der Waals surface area contributed by atoms with E-state index in [1.165, 1.54) is 6.20 Å². The van der Waals surface area contributed by atoms with Crippen LogP contribution in [0.25, 0.3) is 11.0 Å². The Morgan fingerprint density at radius 3 is 3.05 bits per heavy atom. The minimum Gasteiger partial charge on any atom is -0.478 e. The standard InChI is InChI=1S/C13H16N4O4/c1-16-12-9(5-15-16)11(10(4-14-12)13(19)20)17-2-3-21-7-8(17)6-18/h4-5,8,18H,2-3,6-7H2,1H3,(H,19,20). The third kappa shape index (κ3) is 2.22. The fraction of sp³-hybridized carbons (Fsp3) is 0.462. The molecule has 1 unspecified atom stereocenters. The largest absolute Gasteiger partial charge is 0.478 e. The molecule has 3 heterocycles. The Hall–Kier alpha value is -2.19. The average molecular weight is 292 g/mol. The summed E-state index contributed by atoms with van der Waals surface area (Å²) in [7, 11) is 1.75. The van der Waals surface area contributed by atoms with Crippen LogP contribution in [-0.2, 0) is 11.8 Å². The van der Waals surface area contributed by atoms with E-state index < -0.39 is 5.97 Å². The topological polar surface area (TPSA) is 101 Å². The fourth-order valence-corrected chi connectivity index (χ4v) is 2.65. The number of aromatic nitrogens is 3. The molecule has 0 saturated carbocycles. The summed E-state index contributed by atoms with van der Waals surface area (Å²) < 4.78 is 6.95. The monoisotopic (exact) mass is 292 g/mol. The number of ether oxygens (including phenoxy) is 1. The van der Waals surface area contributed by atoms with Crippen molar-refractivity contribution in [1.29, 1.82) is 0 Å². The van der Waals surface area contributed by atoms with E-state index in [1.54, 1.807) is 17.9 Å². The summed E-state index contributed by atoms with van der Waals surface area (Å²) in [5.74, 6) is -1.05. The van der Waals surface area contributed by atoms with E-state index in [4.69, 9.17) is 4.74 Å². The number of morpholine rings is 1. The summed E-state index contributed by atoms with van der Waals surface area (Å²) in [5, 5.41) is 23.8. The number of pyridine rings is 1. The first kappa shape index (κ1) is 13.8. The summed E-state index contributed by atoms with van der Waals surface area (Å²) in [6, 6.07) is -0.275. The van der Waals surface area contributed by atoms with Gasteiger partial charge in [0.05, 0.1) is 43.1 Å². The molecular weight excluding hydrogens is 276 g/mol. The van der Waals surface area contributed by atoms with Crippen molar-refractivity contribution in [2.45, 2.75) is 6.04 Å². The van der Waals surface area contributed by atoms with Crippen molar-refractivity contribution >= 4 is 22.7 Å². The van der Waals surface area contributed by atoms with Crippen LogP contribution < -0.4 is 4.90 Å². The van der Waals surface area contributed by atoms with Gasteiger partial charge in [0.15, 0.2) is 5.65 Å². The maximum absolute atomic E-state index is 11.5. The number of anilines is 1. The molecule has 1 saturated heterocycles. The molecule has 2 aromatic rings. The number of carbonyl (C=O) groups is 1. The molecule has 112 valence electrons. The highest BCUT2D eigenvalue weighted by molar-refractivity contribution is 6.03. The third-order valence-electron chi connectivity index (χ3n) is 3.69. The average Bonchev–Trinajstić information content (AvgIpc) is 2.88. The molecule has 21 heavy (non-hydrogen) atoms. The first-order valence-corrected chi connectivity index (χ1v) is 6.62. The molecule has 0 amide bonds. The van der Waals surface area contributed by atoms with Gasteiger partial charge in [-0.3, -0.25) is 4.68 Å². The zero-order valence-electron chi connectivity index (χ0n) is 11.6. The van der Waals surface area contributed by atoms with Crippen LogP contribution in [0.4, 0.5) is 5.69 Å². The number of nitrogens with zero attached hydrogens (tertiary/aromatic N) is 4. The Morgan fingerprint density at radius 1 is 1.52 bits per heavy atom. The number of fused-ring (bicyclic) bond motifs is 1. The zero-order chi connectivity index (χ0) is 15.0. The van der Waals surface area contributed by atoms with Crippen molar-refractivity contribution in [3.8, 4) is 0 Å². The van der Waals surface area contributed by atoms with Crippen molar-refractivity contribution in [2.24, 2.45) is 7.05 Å². The van der Waals surface area contributed by atoms with Crippen molar-refractivity contribution in [2.75, 3.05) is 31.3 Å². The van der Waals surface area contributed by atoms with E-state index in [-0.39, 0.29) is 18.2 Å². The SMILES string of the molecule is Cn1ncc2c(N3CCOCC3CO)c(C(=O)O)cnc21. The van der Waals surface area contributed by atoms with Crippen LogP contribution in [-0.4, -0.2) is 63.4 Å². The van der Waals surface area contributed by atoms with Gasteiger partial charge in [0, 0.05) is 19.8 Å². The lowest BCUT2D eigenvalue weighted by molar-refractivity contribution is 0.0677. The van der Waals surface area contributed by atoms with Crippen molar-refractivity contribution in [3.05, 3.63) is 18.0 Å². The van der Waals surface area contributed by atoms with Crippen molar-refractivity contribution in [3.63, 3.8) is 0 Å². The number of aromatic carboxylic acids is 1. The van der Waals surface area contributed by atoms with Gasteiger partial charge in [-0.2, -0.15) is 5.10 Å². The quantitative estimate of drug-likeness (QED) is 0.812. The number of hydrogen-bond donors (Lipinski definition) is 2. The molecule has 0 aromatic carbocycles. The Labute approximate surface area is 120 Å². The fourth-order valence-electron chi connectivity index (χ4n) is 2.65. The highest BCUT2D eigenvalue weighted by Gasteiger charge is 2.29. The summed E-state index contributed by atoms with van der Waals surface area (Å²) >= 11 is 0. The highest BCUT2D eigenvalue weighted by atomic mass is 16.5. The smallest absolute Gasteiger partial charge is 0.339 e. The van der Waals surface area contributed by atoms with E-state index in [0.717, 1.165) is 0 Å². The Kier molecular flexibility index (Phi) is 3.48. The number of aliphatic hydroxyl groups is 1. The third-order valence-corrected chi connectivity index (χ3v) is 3.69. The van der Waals surface area contributed by atoms with E-state index in [1.807, 2.05) is 4.90 Å². The van der Waals surface area contributed by atoms with Gasteiger partial charge in [0.25, 0.3) is 0 Å². The first-order chi connectivity index (χ1) is 10.1. The molecule has 8 heteroatoms. The second kappa shape index (κ2) is 5.30. The lowest BCUT2D eigenvalue weighted by atomic mass is 10.1. The number of carboxylic acids is 1. The Morgan fingerprint density at radius 2 is 2.33 bits per heavy atom. The molecule has 1 aliphatic rings. The Balaban J connectivity index is 2.22. The van der Waals surface area contributed by atoms with Crippen molar-refractivity contribution < 1.29 is 19.7 Å². The maximum Gasteiger partial charge on any atom is 0.339 e. The minimum atomic E-state index is -1.05. The summed E-state index contributed by atoms with van der Waals surface area (Å²) in [4.78, 5) is 17.6. The first-order valence-electron chi connectivity index (χ1n) is 6.62. The number of aliphatic hydroxyl groups excluding tert-OH is 1. The Bertz CT molecular complexity index is 684. The molecule has 1 fully saturated rings. The molecule has 2 N–H and O–H groups in total. The number of aryl methyl sites for hydroxylation is 1. The van der Waals surface area contributed by atoms with Crippen molar-refractivity contribution in [1.82, 2.24) is 14.8 Å². The van der Waals surface area contributed by atoms with E-state index >= 15 is 0 Å². The summed E-state index contributed by atoms with van der Waals surface area (Å²) in [6.45, 7) is 1.25. The molecule has 1 aliphatic heterocycles. The molecule has 8 nitrogen and oxygen atoms in total. The summed E-state index contributed by atoms with van der Waals surface area (Å²) in [6.07, 6.45) is 2.94.